The number of amides is 4. The molecule has 0 aliphatic carbocycles. The number of benzene rings is 2. The molecule has 0 unspecified atom stereocenters. The van der Waals surface area contributed by atoms with Crippen molar-refractivity contribution < 1.29 is 29.4 Å². The van der Waals surface area contributed by atoms with Gasteiger partial charge in [-0.1, -0.05) is 30.3 Å². The molecular weight excluding hydrogens is 536 g/mol. The molecule has 0 aromatic heterocycles. The molecule has 0 aliphatic rings. The van der Waals surface area contributed by atoms with Crippen LogP contribution in [0, 0.1) is 20.8 Å². The Bertz CT molecular complexity index is 1300. The van der Waals surface area contributed by atoms with Crippen molar-refractivity contribution in [3.05, 3.63) is 64.2 Å². The van der Waals surface area contributed by atoms with Crippen LogP contribution in [-0.2, 0) is 27.2 Å². The third-order valence-corrected chi connectivity index (χ3v) is 7.31. The summed E-state index contributed by atoms with van der Waals surface area (Å²) in [7, 11) is 0. The molecule has 10 heteroatoms. The van der Waals surface area contributed by atoms with E-state index in [0.29, 0.717) is 12.0 Å². The number of carbonyl (C=O) groups excluding carboxylic acids is 3. The van der Waals surface area contributed by atoms with E-state index < -0.39 is 41.1 Å². The second-order valence-electron chi connectivity index (χ2n) is 12.5. The Morgan fingerprint density at radius 1 is 0.905 bits per heavy atom. The van der Waals surface area contributed by atoms with Gasteiger partial charge in [0.15, 0.2) is 0 Å². The Hall–Kier alpha value is -4.08. The van der Waals surface area contributed by atoms with Gasteiger partial charge in [-0.05, 0) is 89.3 Å². The lowest BCUT2D eigenvalue weighted by Gasteiger charge is -2.40. The monoisotopic (exact) mass is 582 g/mol. The van der Waals surface area contributed by atoms with Crippen LogP contribution in [-0.4, -0.2) is 68.6 Å². The number of carboxylic acid groups (broad SMARTS) is 1. The van der Waals surface area contributed by atoms with Crippen molar-refractivity contribution in [1.82, 2.24) is 20.9 Å². The second kappa shape index (κ2) is 13.7. The molecule has 0 radical (unpaired) electrons. The molecular formula is C32H46N4O6. The molecule has 0 spiro atoms. The summed E-state index contributed by atoms with van der Waals surface area (Å²) in [5.74, 6) is -1.12. The van der Waals surface area contributed by atoms with E-state index in [2.05, 4.69) is 16.0 Å². The highest BCUT2D eigenvalue weighted by molar-refractivity contribution is 5.88. The maximum absolute atomic E-state index is 13.9. The van der Waals surface area contributed by atoms with Crippen LogP contribution in [0.2, 0.25) is 0 Å². The predicted octanol–water partition coefficient (Wildman–Crippen LogP) is 3.77. The average molecular weight is 583 g/mol. The van der Waals surface area contributed by atoms with Crippen LogP contribution in [0.5, 0.6) is 5.75 Å². The molecule has 2 atom stereocenters. The maximum atomic E-state index is 13.9. The van der Waals surface area contributed by atoms with Crippen LogP contribution in [0.1, 0.15) is 69.4 Å². The summed E-state index contributed by atoms with van der Waals surface area (Å²) in [6.07, 6.45) is -0.845. The van der Waals surface area contributed by atoms with Gasteiger partial charge in [0.05, 0.1) is 5.54 Å². The highest BCUT2D eigenvalue weighted by Crippen LogP contribution is 2.30. The van der Waals surface area contributed by atoms with Crippen LogP contribution in [0.3, 0.4) is 0 Å². The van der Waals surface area contributed by atoms with Crippen molar-refractivity contribution >= 4 is 23.8 Å². The van der Waals surface area contributed by atoms with E-state index in [9.17, 15) is 29.4 Å². The van der Waals surface area contributed by atoms with Gasteiger partial charge in [-0.25, -0.2) is 4.79 Å². The van der Waals surface area contributed by atoms with E-state index in [0.717, 1.165) is 27.2 Å². The predicted molar refractivity (Wildman–Crippen MR) is 162 cm³/mol. The van der Waals surface area contributed by atoms with E-state index in [1.54, 1.807) is 47.6 Å². The number of rotatable bonds is 11. The quantitative estimate of drug-likeness (QED) is 0.273. The lowest BCUT2D eigenvalue weighted by atomic mass is 9.90. The molecule has 0 fully saturated rings. The van der Waals surface area contributed by atoms with E-state index in [-0.39, 0.29) is 24.6 Å². The highest BCUT2D eigenvalue weighted by atomic mass is 16.4. The Labute approximate surface area is 248 Å². The van der Waals surface area contributed by atoms with Crippen LogP contribution in [0.4, 0.5) is 4.79 Å². The van der Waals surface area contributed by atoms with Crippen LogP contribution < -0.4 is 16.0 Å². The number of hydrogen-bond donors (Lipinski definition) is 5. The molecule has 5 N–H and O–H groups in total. The molecule has 0 saturated carbocycles. The number of aryl methyl sites for hydroxylation is 1. The normalized spacial score (nSPS) is 13.1. The van der Waals surface area contributed by atoms with Gasteiger partial charge in [-0.15, -0.1) is 0 Å². The van der Waals surface area contributed by atoms with Gasteiger partial charge in [-0.3, -0.25) is 19.3 Å². The Morgan fingerprint density at radius 2 is 1.50 bits per heavy atom. The zero-order chi connectivity index (χ0) is 32.0. The lowest BCUT2D eigenvalue weighted by molar-refractivity contribution is -0.130. The Morgan fingerprint density at radius 3 is 2.02 bits per heavy atom. The number of phenols is 1. The van der Waals surface area contributed by atoms with Crippen molar-refractivity contribution in [2.45, 2.75) is 98.3 Å². The molecule has 2 aromatic rings. The molecule has 0 aliphatic heterocycles. The van der Waals surface area contributed by atoms with Crippen molar-refractivity contribution in [2.24, 2.45) is 0 Å². The molecule has 0 saturated heterocycles. The second-order valence-corrected chi connectivity index (χ2v) is 12.5. The number of nitrogens with one attached hydrogen (secondary N) is 3. The standard InChI is InChI=1S/C32H46N4O6/c1-19-15-27(38)21(3)20(2)24(19)17-26(36(30(41)42)31(5,6)7)29(40)35-32(8,9)18-33-28(39)25(34-22(4)37)16-23-13-11-10-12-14-23/h10-15,25-26,38H,16-18H2,1-9H3,(H,33,39)(H,34,37)(H,35,40)(H,41,42)/t25-,26+/m0/s1. The summed E-state index contributed by atoms with van der Waals surface area (Å²) in [5, 5.41) is 28.9. The number of carbonyl (C=O) groups is 4. The van der Waals surface area contributed by atoms with Gasteiger partial charge < -0.3 is 26.2 Å². The number of nitrogens with zero attached hydrogens (tertiary/aromatic N) is 1. The molecule has 2 aromatic carbocycles. The zero-order valence-corrected chi connectivity index (χ0v) is 26.2. The summed E-state index contributed by atoms with van der Waals surface area (Å²) in [5.41, 5.74) is 2.01. The smallest absolute Gasteiger partial charge is 0.408 e. The van der Waals surface area contributed by atoms with Gasteiger partial charge in [-0.2, -0.15) is 0 Å². The number of hydrogen-bond acceptors (Lipinski definition) is 5. The van der Waals surface area contributed by atoms with E-state index in [1.807, 2.05) is 44.2 Å². The molecule has 2 rings (SSSR count). The van der Waals surface area contributed by atoms with Crippen molar-refractivity contribution in [1.29, 1.82) is 0 Å². The molecule has 4 amide bonds. The first-order chi connectivity index (χ1) is 19.3. The fourth-order valence-corrected chi connectivity index (χ4v) is 5.01. The van der Waals surface area contributed by atoms with E-state index in [4.69, 9.17) is 0 Å². The number of aromatic hydroxyl groups is 1. The Balaban J connectivity index is 2.30. The van der Waals surface area contributed by atoms with Crippen molar-refractivity contribution in [3.63, 3.8) is 0 Å². The lowest BCUT2D eigenvalue weighted by Crippen LogP contribution is -2.62. The SMILES string of the molecule is CC(=O)N[C@@H](Cc1ccccc1)C(=O)NCC(C)(C)NC(=O)[C@@H](Cc1c(C)cc(O)c(C)c1C)N(C(=O)O)C(C)(C)C. The van der Waals surface area contributed by atoms with Crippen molar-refractivity contribution in [3.8, 4) is 5.75 Å². The van der Waals surface area contributed by atoms with E-state index >= 15 is 0 Å². The third-order valence-electron chi connectivity index (χ3n) is 7.31. The topological polar surface area (TPSA) is 148 Å². The molecule has 0 heterocycles. The summed E-state index contributed by atoms with van der Waals surface area (Å²) in [6, 6.07) is 9.03. The summed E-state index contributed by atoms with van der Waals surface area (Å²) < 4.78 is 0. The average Bonchev–Trinajstić information content (AvgIpc) is 2.86. The first kappa shape index (κ1) is 34.1. The third kappa shape index (κ3) is 9.22. The van der Waals surface area contributed by atoms with Crippen molar-refractivity contribution in [2.75, 3.05) is 6.54 Å². The first-order valence-electron chi connectivity index (χ1n) is 14.1. The number of phenolic OH excluding ortho intramolecular Hbond substituents is 1. The van der Waals surface area contributed by atoms with Crippen LogP contribution in [0.25, 0.3) is 0 Å². The molecule has 42 heavy (non-hydrogen) atoms. The van der Waals surface area contributed by atoms with Gasteiger partial charge in [0, 0.05) is 31.8 Å². The fraction of sp³-hybridized carbons (Fsp3) is 0.500. The summed E-state index contributed by atoms with van der Waals surface area (Å²) in [4.78, 5) is 52.4. The Kier molecular flexibility index (Phi) is 11.1. The van der Waals surface area contributed by atoms with Gasteiger partial charge in [0.1, 0.15) is 17.8 Å². The van der Waals surface area contributed by atoms with Gasteiger partial charge in [0.2, 0.25) is 17.7 Å². The fourth-order valence-electron chi connectivity index (χ4n) is 5.01. The minimum absolute atomic E-state index is 0.0358. The maximum Gasteiger partial charge on any atom is 0.408 e. The highest BCUT2D eigenvalue weighted by Gasteiger charge is 2.40. The van der Waals surface area contributed by atoms with Crippen LogP contribution >= 0.6 is 0 Å². The van der Waals surface area contributed by atoms with Gasteiger partial charge in [0.25, 0.3) is 0 Å². The molecule has 10 nitrogen and oxygen atoms in total. The molecule has 0 bridgehead atoms. The van der Waals surface area contributed by atoms with E-state index in [1.165, 1.54) is 6.92 Å². The zero-order valence-electron chi connectivity index (χ0n) is 26.2. The molecule has 230 valence electrons. The summed E-state index contributed by atoms with van der Waals surface area (Å²) >= 11 is 0. The first-order valence-corrected chi connectivity index (χ1v) is 14.1. The van der Waals surface area contributed by atoms with Gasteiger partial charge >= 0.3 is 6.09 Å². The van der Waals surface area contributed by atoms with Crippen LogP contribution in [0.15, 0.2) is 36.4 Å². The summed E-state index contributed by atoms with van der Waals surface area (Å²) in [6.45, 7) is 15.5. The minimum Gasteiger partial charge on any atom is -0.508 e. The largest absolute Gasteiger partial charge is 0.508 e. The minimum atomic E-state index is -1.24.